The minimum atomic E-state index is -3.20. The van der Waals surface area contributed by atoms with Crippen molar-refractivity contribution in [3.63, 3.8) is 0 Å². The monoisotopic (exact) mass is 406 g/mol. The van der Waals surface area contributed by atoms with Crippen molar-refractivity contribution >= 4 is 51.4 Å². The van der Waals surface area contributed by atoms with Gasteiger partial charge in [-0.1, -0.05) is 23.2 Å². The van der Waals surface area contributed by atoms with E-state index in [1.165, 1.54) is 6.07 Å². The van der Waals surface area contributed by atoms with Crippen LogP contribution in [0.5, 0.6) is 0 Å². The van der Waals surface area contributed by atoms with E-state index in [4.69, 9.17) is 28.9 Å². The van der Waals surface area contributed by atoms with E-state index < -0.39 is 33.6 Å². The fourth-order valence-corrected chi connectivity index (χ4v) is 3.18. The quantitative estimate of drug-likeness (QED) is 0.709. The third-order valence-electron chi connectivity index (χ3n) is 3.01. The zero-order valence-corrected chi connectivity index (χ0v) is 15.6. The fraction of sp³-hybridized carbons (Fsp3) is 0.462. The molecule has 3 N–H and O–H groups in total. The summed E-state index contributed by atoms with van der Waals surface area (Å²) in [5, 5.41) is 2.58. The van der Waals surface area contributed by atoms with E-state index in [-0.39, 0.29) is 40.2 Å². The number of carbonyl (C=O) groups excluding carboxylic acids is 1. The lowest BCUT2D eigenvalue weighted by Gasteiger charge is -2.20. The maximum Gasteiger partial charge on any atom is 0.237 e. The third-order valence-corrected chi connectivity index (χ3v) is 4.70. The Morgan fingerprint density at radius 2 is 1.96 bits per heavy atom. The Labute approximate surface area is 151 Å². The average molecular weight is 408 g/mol. The molecule has 0 aliphatic rings. The molecule has 0 heterocycles. The van der Waals surface area contributed by atoms with Gasteiger partial charge in [-0.2, -0.15) is 0 Å². The minimum Gasteiger partial charge on any atom is -0.348 e. The first-order chi connectivity index (χ1) is 10.0. The molecule has 0 spiro atoms. The molecule has 10 heteroatoms. The smallest absolute Gasteiger partial charge is 0.237 e. The first-order valence-corrected chi connectivity index (χ1v) is 9.21. The predicted octanol–water partition coefficient (Wildman–Crippen LogP) is 2.49. The summed E-state index contributed by atoms with van der Waals surface area (Å²) >= 11 is 11.8. The Hall–Kier alpha value is -0.600. The van der Waals surface area contributed by atoms with Crippen molar-refractivity contribution in [2.75, 3.05) is 12.0 Å². The molecule has 0 radical (unpaired) electrons. The molecule has 0 bridgehead atoms. The van der Waals surface area contributed by atoms with Crippen molar-refractivity contribution in [2.24, 2.45) is 5.73 Å². The molecular formula is C13H18Cl3FN2O3S. The molecule has 1 aromatic carbocycles. The third kappa shape index (κ3) is 6.81. The molecule has 0 aromatic heterocycles. The van der Waals surface area contributed by atoms with Gasteiger partial charge in [-0.25, -0.2) is 12.8 Å². The van der Waals surface area contributed by atoms with E-state index in [1.807, 2.05) is 0 Å². The van der Waals surface area contributed by atoms with Gasteiger partial charge in [0.25, 0.3) is 0 Å². The van der Waals surface area contributed by atoms with Gasteiger partial charge >= 0.3 is 0 Å². The number of halogens is 4. The molecule has 0 fully saturated rings. The van der Waals surface area contributed by atoms with Crippen LogP contribution in [0.4, 0.5) is 4.39 Å². The van der Waals surface area contributed by atoms with Crippen LogP contribution in [-0.2, 0) is 14.6 Å². The summed E-state index contributed by atoms with van der Waals surface area (Å²) in [6, 6.07) is 0.793. The van der Waals surface area contributed by atoms with Crippen LogP contribution in [0.25, 0.3) is 0 Å². The van der Waals surface area contributed by atoms with Gasteiger partial charge in [-0.3, -0.25) is 4.79 Å². The molecule has 2 atom stereocenters. The lowest BCUT2D eigenvalue weighted by atomic mass is 10.1. The van der Waals surface area contributed by atoms with E-state index in [1.54, 1.807) is 6.92 Å². The molecule has 0 saturated heterocycles. The summed E-state index contributed by atoms with van der Waals surface area (Å²) in [4.78, 5) is 11.9. The van der Waals surface area contributed by atoms with Crippen LogP contribution in [0.1, 0.15) is 24.9 Å². The van der Waals surface area contributed by atoms with Crippen LogP contribution in [-0.4, -0.2) is 32.4 Å². The number of sulfone groups is 1. The minimum absolute atomic E-state index is 0. The number of carbonyl (C=O) groups is 1. The van der Waals surface area contributed by atoms with Crippen molar-refractivity contribution in [1.82, 2.24) is 5.32 Å². The summed E-state index contributed by atoms with van der Waals surface area (Å²) in [5.41, 5.74) is 5.88. The largest absolute Gasteiger partial charge is 0.348 e. The molecule has 0 aliphatic carbocycles. The van der Waals surface area contributed by atoms with Crippen LogP contribution >= 0.6 is 35.6 Å². The number of hydrogen-bond donors (Lipinski definition) is 2. The lowest BCUT2D eigenvalue weighted by molar-refractivity contribution is -0.123. The summed E-state index contributed by atoms with van der Waals surface area (Å²) < 4.78 is 35.6. The average Bonchev–Trinajstić information content (AvgIpc) is 2.39. The second kappa shape index (κ2) is 9.03. The molecule has 1 rings (SSSR count). The van der Waals surface area contributed by atoms with Gasteiger partial charge in [0.05, 0.1) is 22.9 Å². The van der Waals surface area contributed by atoms with Crippen LogP contribution in [0.2, 0.25) is 10.0 Å². The van der Waals surface area contributed by atoms with Crippen molar-refractivity contribution < 1.29 is 17.6 Å². The highest BCUT2D eigenvalue weighted by molar-refractivity contribution is 7.90. The number of nitrogens with two attached hydrogens (primary N) is 1. The van der Waals surface area contributed by atoms with E-state index in [0.717, 1.165) is 12.3 Å². The zero-order valence-electron chi connectivity index (χ0n) is 12.5. The van der Waals surface area contributed by atoms with Crippen LogP contribution in [0.15, 0.2) is 12.1 Å². The second-order valence-electron chi connectivity index (χ2n) is 5.01. The molecule has 0 aliphatic heterocycles. The SMILES string of the molecule is CC(NC(=O)C(N)CCS(C)(=O)=O)c1c(Cl)ccc(F)c1Cl.Cl. The molecule has 1 amide bonds. The van der Waals surface area contributed by atoms with E-state index in [0.29, 0.717) is 0 Å². The molecule has 0 saturated carbocycles. The molecule has 2 unspecified atom stereocenters. The van der Waals surface area contributed by atoms with E-state index in [9.17, 15) is 17.6 Å². The van der Waals surface area contributed by atoms with Crippen LogP contribution in [0.3, 0.4) is 0 Å². The lowest BCUT2D eigenvalue weighted by Crippen LogP contribution is -2.42. The van der Waals surface area contributed by atoms with Crippen molar-refractivity contribution in [2.45, 2.75) is 25.4 Å². The number of hydrogen-bond acceptors (Lipinski definition) is 4. The maximum atomic E-state index is 13.5. The van der Waals surface area contributed by atoms with Gasteiger partial charge in [-0.15, -0.1) is 12.4 Å². The summed E-state index contributed by atoms with van der Waals surface area (Å²) in [6.07, 6.45) is 1.05. The van der Waals surface area contributed by atoms with Crippen molar-refractivity contribution in [3.8, 4) is 0 Å². The maximum absolute atomic E-state index is 13.5. The van der Waals surface area contributed by atoms with E-state index in [2.05, 4.69) is 5.32 Å². The van der Waals surface area contributed by atoms with Crippen molar-refractivity contribution in [1.29, 1.82) is 0 Å². The molecule has 1 aromatic rings. The Morgan fingerprint density at radius 3 is 2.48 bits per heavy atom. The number of amides is 1. The highest BCUT2D eigenvalue weighted by Crippen LogP contribution is 2.32. The van der Waals surface area contributed by atoms with Crippen LogP contribution in [0, 0.1) is 5.82 Å². The van der Waals surface area contributed by atoms with E-state index >= 15 is 0 Å². The molecular weight excluding hydrogens is 390 g/mol. The number of nitrogens with one attached hydrogen (secondary N) is 1. The Kier molecular flexibility index (Phi) is 8.80. The molecule has 5 nitrogen and oxygen atoms in total. The zero-order chi connectivity index (χ0) is 17.1. The number of rotatable bonds is 6. The first kappa shape index (κ1) is 22.4. The van der Waals surface area contributed by atoms with Gasteiger partial charge in [0, 0.05) is 16.8 Å². The molecule has 132 valence electrons. The van der Waals surface area contributed by atoms with Gasteiger partial charge in [0.1, 0.15) is 15.7 Å². The fourth-order valence-electron chi connectivity index (χ4n) is 1.80. The highest BCUT2D eigenvalue weighted by Gasteiger charge is 2.22. The van der Waals surface area contributed by atoms with Crippen LogP contribution < -0.4 is 11.1 Å². The van der Waals surface area contributed by atoms with Gasteiger partial charge < -0.3 is 11.1 Å². The predicted molar refractivity (Wildman–Crippen MR) is 92.5 cm³/mol. The topological polar surface area (TPSA) is 89.3 Å². The number of benzene rings is 1. The summed E-state index contributed by atoms with van der Waals surface area (Å²) in [6.45, 7) is 1.58. The highest BCUT2D eigenvalue weighted by atomic mass is 35.5. The second-order valence-corrected chi connectivity index (χ2v) is 8.06. The normalized spacial score (nSPS) is 13.8. The summed E-state index contributed by atoms with van der Waals surface area (Å²) in [7, 11) is -3.20. The first-order valence-electron chi connectivity index (χ1n) is 6.40. The Morgan fingerprint density at radius 1 is 1.39 bits per heavy atom. The van der Waals surface area contributed by atoms with Gasteiger partial charge in [0.2, 0.25) is 5.91 Å². The Balaban J connectivity index is 0.00000484. The summed E-state index contributed by atoms with van der Waals surface area (Å²) in [5.74, 6) is -1.41. The molecule has 23 heavy (non-hydrogen) atoms. The van der Waals surface area contributed by atoms with Gasteiger partial charge in [-0.05, 0) is 25.5 Å². The standard InChI is InChI=1S/C13H17Cl2FN2O3S.ClH/c1-7(11-8(14)3-4-9(16)12(11)15)18-13(19)10(17)5-6-22(2,20)21;/h3-4,7,10H,5-6,17H2,1-2H3,(H,18,19);1H. The van der Waals surface area contributed by atoms with Gasteiger partial charge in [0.15, 0.2) is 0 Å². The van der Waals surface area contributed by atoms with Crippen molar-refractivity contribution in [3.05, 3.63) is 33.6 Å². The Bertz CT molecular complexity index is 671.